The molecule has 4 heterocycles. The Bertz CT molecular complexity index is 1650. The van der Waals surface area contributed by atoms with E-state index in [9.17, 15) is 9.59 Å². The fraction of sp³-hybridized carbons (Fsp3) is 0.167. The Hall–Kier alpha value is -5.25. The molecule has 0 bridgehead atoms. The highest BCUT2D eigenvalue weighted by Crippen LogP contribution is 2.36. The van der Waals surface area contributed by atoms with Crippen molar-refractivity contribution in [2.24, 2.45) is 0 Å². The topological polar surface area (TPSA) is 128 Å². The van der Waals surface area contributed by atoms with E-state index in [1.54, 1.807) is 53.8 Å². The number of hydrogen-bond acceptors (Lipinski definition) is 7. The van der Waals surface area contributed by atoms with E-state index in [-0.39, 0.29) is 24.6 Å². The normalized spacial score (nSPS) is 14.8. The number of anilines is 2. The zero-order chi connectivity index (χ0) is 27.5. The summed E-state index contributed by atoms with van der Waals surface area (Å²) in [5, 5.41) is 2.78. The van der Waals surface area contributed by atoms with Crippen LogP contribution in [0.5, 0.6) is 0 Å². The molecule has 3 aromatic heterocycles. The number of likely N-dealkylation sites (tertiary alicyclic amines) is 1. The average Bonchev–Trinajstić information content (AvgIpc) is 3.63. The molecule has 10 nitrogen and oxygen atoms in total. The summed E-state index contributed by atoms with van der Waals surface area (Å²) in [6, 6.07) is 21.7. The first-order valence-electron chi connectivity index (χ1n) is 13.0. The number of aromatic nitrogens is 4. The Balaban J connectivity index is 1.28. The van der Waals surface area contributed by atoms with Crippen molar-refractivity contribution in [3.63, 3.8) is 0 Å². The van der Waals surface area contributed by atoms with Crippen LogP contribution in [-0.2, 0) is 11.3 Å². The van der Waals surface area contributed by atoms with Gasteiger partial charge in [0.2, 0.25) is 0 Å². The lowest BCUT2D eigenvalue weighted by molar-refractivity contribution is 0.0907. The van der Waals surface area contributed by atoms with Crippen LogP contribution < -0.4 is 11.1 Å². The summed E-state index contributed by atoms with van der Waals surface area (Å²) in [5.41, 5.74) is 9.78. The summed E-state index contributed by atoms with van der Waals surface area (Å²) >= 11 is 0. The lowest BCUT2D eigenvalue weighted by Crippen LogP contribution is -2.32. The number of ether oxygens (including phenoxy) is 1. The molecule has 3 N–H and O–H groups in total. The van der Waals surface area contributed by atoms with E-state index in [0.29, 0.717) is 40.8 Å². The molecule has 1 fully saturated rings. The van der Waals surface area contributed by atoms with E-state index in [4.69, 9.17) is 15.5 Å². The second kappa shape index (κ2) is 10.9. The predicted molar refractivity (Wildman–Crippen MR) is 150 cm³/mol. The largest absolute Gasteiger partial charge is 0.445 e. The van der Waals surface area contributed by atoms with Gasteiger partial charge >= 0.3 is 6.09 Å². The minimum atomic E-state index is -0.380. The highest BCUT2D eigenvalue weighted by atomic mass is 16.6. The van der Waals surface area contributed by atoms with Gasteiger partial charge in [0.25, 0.3) is 5.91 Å². The van der Waals surface area contributed by atoms with Crippen molar-refractivity contribution in [2.45, 2.75) is 25.5 Å². The van der Waals surface area contributed by atoms with Gasteiger partial charge in [0.1, 0.15) is 35.3 Å². The molecule has 2 aromatic carbocycles. The van der Waals surface area contributed by atoms with E-state index in [2.05, 4.69) is 15.3 Å². The number of pyridine rings is 1. The van der Waals surface area contributed by atoms with Crippen LogP contribution in [0.4, 0.5) is 16.4 Å². The lowest BCUT2D eigenvalue weighted by Gasteiger charge is -2.23. The third-order valence-corrected chi connectivity index (χ3v) is 6.93. The maximum absolute atomic E-state index is 13.1. The van der Waals surface area contributed by atoms with E-state index in [0.717, 1.165) is 24.0 Å². The van der Waals surface area contributed by atoms with Crippen LogP contribution in [0.3, 0.4) is 0 Å². The number of nitrogens with two attached hydrogens (primary N) is 1. The number of imidazole rings is 1. The third-order valence-electron chi connectivity index (χ3n) is 6.93. The van der Waals surface area contributed by atoms with Crippen LogP contribution in [-0.4, -0.2) is 42.8 Å². The zero-order valence-corrected chi connectivity index (χ0v) is 21.6. The van der Waals surface area contributed by atoms with Gasteiger partial charge in [-0.2, -0.15) is 0 Å². The molecule has 1 aliphatic heterocycles. The van der Waals surface area contributed by atoms with Gasteiger partial charge in [0, 0.05) is 36.3 Å². The molecule has 0 unspecified atom stereocenters. The van der Waals surface area contributed by atoms with Crippen molar-refractivity contribution in [1.82, 2.24) is 24.3 Å². The number of fused-ring (bicyclic) bond motifs is 1. The second-order valence-corrected chi connectivity index (χ2v) is 9.49. The molecular weight excluding hydrogens is 506 g/mol. The highest BCUT2D eigenvalue weighted by Gasteiger charge is 2.35. The molecule has 1 atom stereocenters. The first kappa shape index (κ1) is 25.1. The molecule has 2 amide bonds. The number of carbonyl (C=O) groups is 2. The summed E-state index contributed by atoms with van der Waals surface area (Å²) in [7, 11) is 0. The van der Waals surface area contributed by atoms with Crippen molar-refractivity contribution >= 4 is 29.2 Å². The SMILES string of the molecule is Nc1nccn2c([C@@H]3CCCN3C(=O)OCc3ccccc3)nc(-c3ccc(C(=O)Nc4ccccn4)cc3)c12. The van der Waals surface area contributed by atoms with Crippen molar-refractivity contribution in [2.75, 3.05) is 17.6 Å². The molecule has 200 valence electrons. The molecule has 1 saturated heterocycles. The molecular formula is C30H27N7O3. The monoisotopic (exact) mass is 533 g/mol. The fourth-order valence-corrected chi connectivity index (χ4v) is 4.98. The van der Waals surface area contributed by atoms with Gasteiger partial charge < -0.3 is 15.8 Å². The van der Waals surface area contributed by atoms with Crippen LogP contribution >= 0.6 is 0 Å². The number of rotatable bonds is 6. The van der Waals surface area contributed by atoms with E-state index in [1.807, 2.05) is 46.9 Å². The molecule has 1 aliphatic rings. The minimum absolute atomic E-state index is 0.202. The van der Waals surface area contributed by atoms with Crippen molar-refractivity contribution in [3.8, 4) is 11.3 Å². The molecule has 0 aliphatic carbocycles. The fourth-order valence-electron chi connectivity index (χ4n) is 4.98. The van der Waals surface area contributed by atoms with Gasteiger partial charge in [0.15, 0.2) is 0 Å². The number of nitrogens with zero attached hydrogens (tertiary/aromatic N) is 5. The van der Waals surface area contributed by atoms with Crippen LogP contribution in [0, 0.1) is 0 Å². The van der Waals surface area contributed by atoms with Gasteiger partial charge in [-0.15, -0.1) is 0 Å². The first-order chi connectivity index (χ1) is 19.6. The van der Waals surface area contributed by atoms with E-state index >= 15 is 0 Å². The number of nitrogen functional groups attached to an aromatic ring is 1. The number of amides is 2. The Kier molecular flexibility index (Phi) is 6.80. The molecule has 5 aromatic rings. The average molecular weight is 534 g/mol. The minimum Gasteiger partial charge on any atom is -0.445 e. The summed E-state index contributed by atoms with van der Waals surface area (Å²) < 4.78 is 7.54. The van der Waals surface area contributed by atoms with Crippen molar-refractivity contribution in [3.05, 3.63) is 108 Å². The quantitative estimate of drug-likeness (QED) is 0.311. The summed E-state index contributed by atoms with van der Waals surface area (Å²) in [6.07, 6.45) is 6.24. The zero-order valence-electron chi connectivity index (χ0n) is 21.6. The number of benzene rings is 2. The maximum atomic E-state index is 13.1. The highest BCUT2D eigenvalue weighted by molar-refractivity contribution is 6.04. The van der Waals surface area contributed by atoms with Crippen LogP contribution in [0.25, 0.3) is 16.8 Å². The number of carbonyl (C=O) groups excluding carboxylic acids is 2. The molecule has 40 heavy (non-hydrogen) atoms. The van der Waals surface area contributed by atoms with E-state index in [1.165, 1.54) is 0 Å². The second-order valence-electron chi connectivity index (χ2n) is 9.49. The van der Waals surface area contributed by atoms with Crippen LogP contribution in [0.1, 0.15) is 40.6 Å². The van der Waals surface area contributed by atoms with Crippen molar-refractivity contribution < 1.29 is 14.3 Å². The molecule has 0 radical (unpaired) electrons. The standard InChI is InChI=1S/C30H27N7O3/c31-27-26-25(21-11-13-22(14-12-21)29(38)34-24-10-4-5-15-32-24)35-28(37(26)18-16-33-27)23-9-6-17-36(23)30(39)40-19-20-7-2-1-3-8-20/h1-5,7-8,10-16,18,23H,6,9,17,19H2,(H2,31,33)(H,32,34,38)/t23-/m0/s1. The Morgan fingerprint density at radius 3 is 2.55 bits per heavy atom. The summed E-state index contributed by atoms with van der Waals surface area (Å²) in [5.74, 6) is 1.22. The first-order valence-corrected chi connectivity index (χ1v) is 13.0. The molecule has 6 rings (SSSR count). The summed E-state index contributed by atoms with van der Waals surface area (Å²) in [6.45, 7) is 0.775. The van der Waals surface area contributed by atoms with Gasteiger partial charge in [-0.25, -0.2) is 19.7 Å². The van der Waals surface area contributed by atoms with Crippen LogP contribution in [0.15, 0.2) is 91.4 Å². The number of nitrogens with one attached hydrogen (secondary N) is 1. The molecule has 0 saturated carbocycles. The maximum Gasteiger partial charge on any atom is 0.410 e. The van der Waals surface area contributed by atoms with Crippen LogP contribution in [0.2, 0.25) is 0 Å². The molecule has 0 spiro atoms. The Labute approximate surface area is 230 Å². The Morgan fingerprint density at radius 2 is 1.77 bits per heavy atom. The van der Waals surface area contributed by atoms with E-state index < -0.39 is 0 Å². The Morgan fingerprint density at radius 1 is 0.975 bits per heavy atom. The smallest absolute Gasteiger partial charge is 0.410 e. The van der Waals surface area contributed by atoms with Gasteiger partial charge in [0.05, 0.1) is 6.04 Å². The molecule has 10 heteroatoms. The van der Waals surface area contributed by atoms with Crippen molar-refractivity contribution in [1.29, 1.82) is 0 Å². The third kappa shape index (κ3) is 4.94. The predicted octanol–water partition coefficient (Wildman–Crippen LogP) is 5.10. The number of hydrogen-bond donors (Lipinski definition) is 2. The van der Waals surface area contributed by atoms with Gasteiger partial charge in [-0.05, 0) is 42.7 Å². The van der Waals surface area contributed by atoms with Gasteiger partial charge in [-0.3, -0.25) is 14.1 Å². The van der Waals surface area contributed by atoms with Gasteiger partial charge in [-0.1, -0.05) is 48.5 Å². The summed E-state index contributed by atoms with van der Waals surface area (Å²) in [4.78, 5) is 40.9. The lowest BCUT2D eigenvalue weighted by atomic mass is 10.1.